The molecular weight excluding hydrogens is 232 g/mol. The molecule has 7 heteroatoms. The fourth-order valence-electron chi connectivity index (χ4n) is 1.87. The third-order valence-corrected chi connectivity index (χ3v) is 2.94. The largest absolute Gasteiger partial charge is 0.400 e. The van der Waals surface area contributed by atoms with Crippen LogP contribution in [0.3, 0.4) is 0 Å². The number of carbonyl (C=O) groups excluding carboxylic acids is 1. The van der Waals surface area contributed by atoms with Crippen LogP contribution in [0, 0.1) is 5.53 Å². The van der Waals surface area contributed by atoms with Crippen LogP contribution in [0.2, 0.25) is 0 Å². The summed E-state index contributed by atoms with van der Waals surface area (Å²) < 4.78 is 0. The van der Waals surface area contributed by atoms with E-state index in [0.717, 1.165) is 0 Å². The third-order valence-electron chi connectivity index (χ3n) is 2.94. The number of primary amides is 1. The lowest BCUT2D eigenvalue weighted by atomic mass is 9.85. The molecule has 2 atom stereocenters. The van der Waals surface area contributed by atoms with E-state index >= 15 is 0 Å². The highest BCUT2D eigenvalue weighted by Crippen LogP contribution is 2.28. The molecule has 0 aromatic rings. The topological polar surface area (TPSA) is 143 Å². The zero-order valence-electron chi connectivity index (χ0n) is 10.7. The molecule has 100 valence electrons. The van der Waals surface area contributed by atoms with Gasteiger partial charge < -0.3 is 22.5 Å². The Morgan fingerprint density at radius 2 is 2.17 bits per heavy atom. The van der Waals surface area contributed by atoms with Gasteiger partial charge in [0.1, 0.15) is 5.54 Å². The summed E-state index contributed by atoms with van der Waals surface area (Å²) in [5, 5.41) is 6.02. The van der Waals surface area contributed by atoms with Gasteiger partial charge in [-0.3, -0.25) is 0 Å². The molecule has 1 aliphatic carbocycles. The summed E-state index contributed by atoms with van der Waals surface area (Å²) in [5.41, 5.74) is 23.8. The molecule has 0 bridgehead atoms. The van der Waals surface area contributed by atoms with Crippen LogP contribution >= 0.6 is 0 Å². The monoisotopic (exact) mass is 252 g/mol. The average Bonchev–Trinajstić information content (AvgIpc) is 2.23. The Kier molecular flexibility index (Phi) is 3.76. The normalized spacial score (nSPS) is 38.4. The fourth-order valence-corrected chi connectivity index (χ4v) is 1.87. The van der Waals surface area contributed by atoms with Crippen molar-refractivity contribution in [3.8, 4) is 0 Å². The van der Waals surface area contributed by atoms with Crippen molar-refractivity contribution in [1.29, 1.82) is 5.53 Å². The number of hydrogen-bond acceptors (Lipinski definition) is 5. The van der Waals surface area contributed by atoms with E-state index in [1.54, 1.807) is 19.1 Å². The molecule has 7 nitrogen and oxygen atoms in total. The van der Waals surface area contributed by atoms with Gasteiger partial charge in [-0.15, -0.1) is 0 Å². The first-order valence-corrected chi connectivity index (χ1v) is 5.60. The number of rotatable bonds is 2. The third kappa shape index (κ3) is 3.30. The van der Waals surface area contributed by atoms with Gasteiger partial charge in [0.15, 0.2) is 0 Å². The van der Waals surface area contributed by atoms with Gasteiger partial charge in [-0.05, 0) is 26.3 Å². The molecule has 8 N–H and O–H groups in total. The van der Waals surface area contributed by atoms with Crippen LogP contribution in [0.25, 0.3) is 0 Å². The van der Waals surface area contributed by atoms with Crippen LogP contribution in [0.1, 0.15) is 26.7 Å². The van der Waals surface area contributed by atoms with Crippen molar-refractivity contribution in [3.05, 3.63) is 23.5 Å². The zero-order chi connectivity index (χ0) is 14.0. The maximum atomic E-state index is 11.0. The average molecular weight is 252 g/mol. The van der Waals surface area contributed by atoms with Crippen LogP contribution in [0.15, 0.2) is 28.7 Å². The minimum absolute atomic E-state index is 0.421. The van der Waals surface area contributed by atoms with Crippen molar-refractivity contribution < 1.29 is 4.79 Å². The summed E-state index contributed by atoms with van der Waals surface area (Å²) in [4.78, 5) is 11.0. The van der Waals surface area contributed by atoms with Gasteiger partial charge in [0.25, 0.3) is 0 Å². The molecule has 0 radical (unpaired) electrons. The number of hydrogen-bond donors (Lipinski definition) is 5. The maximum Gasteiger partial charge on any atom is 0.316 e. The van der Waals surface area contributed by atoms with E-state index in [9.17, 15) is 4.79 Å². The fraction of sp³-hybridized carbons (Fsp3) is 0.545. The van der Waals surface area contributed by atoms with Crippen LogP contribution in [0.4, 0.5) is 4.79 Å². The number of nitrogens with zero attached hydrogens (tertiary/aromatic N) is 1. The lowest BCUT2D eigenvalue weighted by molar-refractivity contribution is 0.250. The van der Waals surface area contributed by atoms with Crippen LogP contribution in [-0.4, -0.2) is 17.1 Å². The quantitative estimate of drug-likeness (QED) is 0.461. The highest BCUT2D eigenvalue weighted by Gasteiger charge is 2.30. The number of amides is 2. The summed E-state index contributed by atoms with van der Waals surface area (Å²) in [6, 6.07) is -0.674. The van der Waals surface area contributed by atoms with Crippen molar-refractivity contribution >= 4 is 6.03 Å². The lowest BCUT2D eigenvalue weighted by Gasteiger charge is -2.31. The van der Waals surface area contributed by atoms with Gasteiger partial charge in [-0.1, -0.05) is 6.08 Å². The van der Waals surface area contributed by atoms with Gasteiger partial charge in [0.2, 0.25) is 0 Å². The lowest BCUT2D eigenvalue weighted by Crippen LogP contribution is -2.43. The Hall–Kier alpha value is -1.89. The van der Waals surface area contributed by atoms with E-state index in [1.807, 2.05) is 6.92 Å². The Labute approximate surface area is 106 Å². The second-order valence-electron chi connectivity index (χ2n) is 5.11. The minimum atomic E-state index is -0.978. The van der Waals surface area contributed by atoms with E-state index in [-0.39, 0.29) is 0 Å². The molecule has 18 heavy (non-hydrogen) atoms. The summed E-state index contributed by atoms with van der Waals surface area (Å²) in [7, 11) is 0. The molecule has 0 aromatic carbocycles. The van der Waals surface area contributed by atoms with Crippen molar-refractivity contribution in [1.82, 2.24) is 5.32 Å². The molecule has 0 heterocycles. The number of nitrogens with one attached hydrogen (secondary N) is 2. The van der Waals surface area contributed by atoms with E-state index in [1.165, 1.54) is 0 Å². The molecule has 0 spiro atoms. The van der Waals surface area contributed by atoms with Crippen molar-refractivity contribution in [3.63, 3.8) is 0 Å². The van der Waals surface area contributed by atoms with Gasteiger partial charge in [0.05, 0.1) is 0 Å². The zero-order valence-corrected chi connectivity index (χ0v) is 10.7. The van der Waals surface area contributed by atoms with Gasteiger partial charge in [-0.25, -0.2) is 10.3 Å². The highest BCUT2D eigenvalue weighted by atomic mass is 16.2. The summed E-state index contributed by atoms with van der Waals surface area (Å²) in [6.07, 6.45) is 4.34. The van der Waals surface area contributed by atoms with Gasteiger partial charge >= 0.3 is 6.03 Å². The molecule has 0 saturated carbocycles. The summed E-state index contributed by atoms with van der Waals surface area (Å²) in [5.74, 6) is 0. The van der Waals surface area contributed by atoms with Crippen molar-refractivity contribution in [2.24, 2.45) is 22.3 Å². The van der Waals surface area contributed by atoms with Crippen LogP contribution < -0.4 is 22.5 Å². The summed E-state index contributed by atoms with van der Waals surface area (Å²) in [6.45, 7) is 3.54. The van der Waals surface area contributed by atoms with E-state index < -0.39 is 17.1 Å². The smallest absolute Gasteiger partial charge is 0.316 e. The second-order valence-corrected chi connectivity index (χ2v) is 5.11. The molecule has 0 aliphatic heterocycles. The second kappa shape index (κ2) is 4.77. The van der Waals surface area contributed by atoms with Gasteiger partial charge in [-0.2, -0.15) is 5.11 Å². The maximum absolute atomic E-state index is 11.0. The van der Waals surface area contributed by atoms with Crippen LogP contribution in [0.5, 0.6) is 0 Å². The van der Waals surface area contributed by atoms with Crippen molar-refractivity contribution in [2.75, 3.05) is 0 Å². The molecule has 2 amide bonds. The first-order chi connectivity index (χ1) is 8.18. The first kappa shape index (κ1) is 14.2. The molecule has 1 rings (SSSR count). The Morgan fingerprint density at radius 3 is 2.67 bits per heavy atom. The van der Waals surface area contributed by atoms with Gasteiger partial charge in [0, 0.05) is 23.4 Å². The van der Waals surface area contributed by atoms with Crippen molar-refractivity contribution in [2.45, 2.75) is 37.8 Å². The number of nitrogens with two attached hydrogens (primary N) is 3. The SMILES string of the molecule is CC1(N)C/C=C(/N)C(C)(N=N)/C=C(/NC(N)=O)C1. The minimum Gasteiger partial charge on any atom is -0.400 e. The number of urea groups is 1. The highest BCUT2D eigenvalue weighted by molar-refractivity contribution is 5.73. The Balaban J connectivity index is 3.20. The predicted molar refractivity (Wildman–Crippen MR) is 68.5 cm³/mol. The van der Waals surface area contributed by atoms with E-state index in [0.29, 0.717) is 24.2 Å². The molecular formula is C11H20N6O. The summed E-state index contributed by atoms with van der Waals surface area (Å²) >= 11 is 0. The molecule has 2 unspecified atom stereocenters. The standard InChI is InChI=1S/C11H20N6O/c1-10(14)4-3-8(12)11(2,17-15)6-7(5-10)16-9(13)18/h3,6,15H,4-5,12,14H2,1-2H3,(H3,13,16,18)/b7-6+,8-3+,17-15?. The Morgan fingerprint density at radius 1 is 1.56 bits per heavy atom. The van der Waals surface area contributed by atoms with Crippen LogP contribution in [-0.2, 0) is 0 Å². The Bertz CT molecular complexity index is 425. The molecule has 1 aliphatic rings. The first-order valence-electron chi connectivity index (χ1n) is 5.60. The molecule has 0 aromatic heterocycles. The molecule has 0 fully saturated rings. The predicted octanol–water partition coefficient (Wildman–Crippen LogP) is 0.682. The molecule has 0 saturated heterocycles. The van der Waals surface area contributed by atoms with E-state index in [4.69, 9.17) is 22.7 Å². The number of carbonyl (C=O) groups is 1. The van der Waals surface area contributed by atoms with E-state index in [2.05, 4.69) is 10.4 Å².